The number of amides is 3. The van der Waals surface area contributed by atoms with E-state index in [0.29, 0.717) is 18.5 Å². The second-order valence-corrected chi connectivity index (χ2v) is 7.95. The number of hydrogen-bond acceptors (Lipinski definition) is 4. The zero-order valence-electron chi connectivity index (χ0n) is 16.3. The first kappa shape index (κ1) is 17.8. The Balaban J connectivity index is 1.47. The predicted octanol–water partition coefficient (Wildman–Crippen LogP) is 2.42. The molecule has 0 bridgehead atoms. The Hall–Kier alpha value is -3.22. The molecule has 148 valence electrons. The van der Waals surface area contributed by atoms with E-state index in [1.807, 2.05) is 31.6 Å². The minimum absolute atomic E-state index is 0.152. The molecule has 29 heavy (non-hydrogen) atoms. The number of imidazole rings is 1. The number of imide groups is 1. The van der Waals surface area contributed by atoms with Crippen LogP contribution in [0.4, 0.5) is 0 Å². The summed E-state index contributed by atoms with van der Waals surface area (Å²) >= 11 is 0. The third kappa shape index (κ3) is 2.88. The van der Waals surface area contributed by atoms with E-state index in [1.54, 1.807) is 4.90 Å². The van der Waals surface area contributed by atoms with Gasteiger partial charge >= 0.3 is 0 Å². The molecular weight excluding hydrogens is 368 g/mol. The molecule has 3 heterocycles. The molecule has 3 aliphatic rings. The minimum Gasteiger partial charge on any atom is -0.333 e. The number of benzene rings is 1. The Bertz CT molecular complexity index is 1080. The van der Waals surface area contributed by atoms with Gasteiger partial charge in [-0.2, -0.15) is 0 Å². The van der Waals surface area contributed by atoms with Crippen LogP contribution in [0.15, 0.2) is 30.6 Å². The highest BCUT2D eigenvalue weighted by molar-refractivity contribution is 6.05. The average molecular weight is 390 g/mol. The van der Waals surface area contributed by atoms with Crippen molar-refractivity contribution in [3.63, 3.8) is 0 Å². The fraction of sp³-hybridized carbons (Fsp3) is 0.364. The van der Waals surface area contributed by atoms with Crippen LogP contribution < -0.4 is 5.32 Å². The van der Waals surface area contributed by atoms with Crippen molar-refractivity contribution in [1.82, 2.24) is 19.8 Å². The summed E-state index contributed by atoms with van der Waals surface area (Å²) in [5, 5.41) is 2.34. The second-order valence-electron chi connectivity index (χ2n) is 7.95. The molecule has 0 spiro atoms. The van der Waals surface area contributed by atoms with Crippen LogP contribution in [0, 0.1) is 0 Å². The van der Waals surface area contributed by atoms with Gasteiger partial charge in [0.05, 0.1) is 17.7 Å². The van der Waals surface area contributed by atoms with E-state index in [2.05, 4.69) is 20.9 Å². The SMILES string of the molecule is Cn1cnc(-c2ccc3c(c2)CN(C2CCC(=O)NC2=O)C3=O)c1C1=CCCC1. The fourth-order valence-electron chi connectivity index (χ4n) is 4.63. The smallest absolute Gasteiger partial charge is 0.255 e. The number of rotatable bonds is 3. The fourth-order valence-corrected chi connectivity index (χ4v) is 4.63. The second kappa shape index (κ2) is 6.69. The number of carbonyl (C=O) groups is 3. The average Bonchev–Trinajstić information content (AvgIpc) is 3.41. The van der Waals surface area contributed by atoms with Crippen molar-refractivity contribution < 1.29 is 14.4 Å². The van der Waals surface area contributed by atoms with Crippen LogP contribution in [0.1, 0.15) is 53.7 Å². The predicted molar refractivity (Wildman–Crippen MR) is 107 cm³/mol. The Labute approximate surface area is 168 Å². The van der Waals surface area contributed by atoms with E-state index in [0.717, 1.165) is 35.4 Å². The lowest BCUT2D eigenvalue weighted by Crippen LogP contribution is -2.52. The maximum absolute atomic E-state index is 12.9. The normalized spacial score (nSPS) is 21.4. The highest BCUT2D eigenvalue weighted by Crippen LogP contribution is 2.36. The van der Waals surface area contributed by atoms with Gasteiger partial charge < -0.3 is 9.47 Å². The molecule has 7 heteroatoms. The Kier molecular flexibility index (Phi) is 4.12. The zero-order chi connectivity index (χ0) is 20.1. The molecule has 3 amide bonds. The lowest BCUT2D eigenvalue weighted by Gasteiger charge is -2.29. The summed E-state index contributed by atoms with van der Waals surface area (Å²) in [4.78, 5) is 42.7. The van der Waals surface area contributed by atoms with Crippen molar-refractivity contribution in [3.05, 3.63) is 47.4 Å². The first-order chi connectivity index (χ1) is 14.0. The summed E-state index contributed by atoms with van der Waals surface area (Å²) < 4.78 is 2.06. The summed E-state index contributed by atoms with van der Waals surface area (Å²) in [6.45, 7) is 0.374. The molecule has 1 unspecified atom stereocenters. The number of fused-ring (bicyclic) bond motifs is 1. The summed E-state index contributed by atoms with van der Waals surface area (Å²) in [5.74, 6) is -0.815. The van der Waals surface area contributed by atoms with Crippen molar-refractivity contribution in [2.45, 2.75) is 44.7 Å². The van der Waals surface area contributed by atoms with Crippen LogP contribution in [-0.2, 0) is 23.2 Å². The van der Waals surface area contributed by atoms with Crippen LogP contribution in [0.3, 0.4) is 0 Å². The highest BCUT2D eigenvalue weighted by atomic mass is 16.2. The standard InChI is InChI=1S/C22H22N4O3/c1-25-12-23-19(20(25)13-4-2-3-5-13)14-6-7-16-15(10-14)11-26(22(16)29)17-8-9-18(27)24-21(17)28/h4,6-7,10,12,17H,2-3,5,8-9,11H2,1H3,(H,24,27,28). The van der Waals surface area contributed by atoms with E-state index in [-0.39, 0.29) is 24.1 Å². The summed E-state index contributed by atoms with van der Waals surface area (Å²) in [5.41, 5.74) is 5.88. The molecule has 1 saturated heterocycles. The maximum Gasteiger partial charge on any atom is 0.255 e. The first-order valence-electron chi connectivity index (χ1n) is 10.0. The topological polar surface area (TPSA) is 84.3 Å². The van der Waals surface area contributed by atoms with Crippen LogP contribution in [-0.4, -0.2) is 38.2 Å². The van der Waals surface area contributed by atoms with Gasteiger partial charge in [-0.05, 0) is 49.0 Å². The number of nitrogens with one attached hydrogen (secondary N) is 1. The molecule has 1 atom stereocenters. The van der Waals surface area contributed by atoms with E-state index < -0.39 is 6.04 Å². The number of aryl methyl sites for hydroxylation is 1. The van der Waals surface area contributed by atoms with E-state index >= 15 is 0 Å². The van der Waals surface area contributed by atoms with Gasteiger partial charge in [-0.3, -0.25) is 19.7 Å². The summed E-state index contributed by atoms with van der Waals surface area (Å²) in [6.07, 6.45) is 8.06. The van der Waals surface area contributed by atoms with Gasteiger partial charge in [-0.15, -0.1) is 0 Å². The highest BCUT2D eigenvalue weighted by Gasteiger charge is 2.39. The van der Waals surface area contributed by atoms with Gasteiger partial charge in [-0.1, -0.05) is 12.1 Å². The van der Waals surface area contributed by atoms with Gasteiger partial charge in [0.25, 0.3) is 5.91 Å². The minimum atomic E-state index is -0.592. The van der Waals surface area contributed by atoms with E-state index in [4.69, 9.17) is 0 Å². The van der Waals surface area contributed by atoms with Crippen molar-refractivity contribution in [3.8, 4) is 11.3 Å². The van der Waals surface area contributed by atoms with Crippen LogP contribution in [0.5, 0.6) is 0 Å². The summed E-state index contributed by atoms with van der Waals surface area (Å²) in [6, 6.07) is 5.19. The number of piperidine rings is 1. The van der Waals surface area contributed by atoms with Crippen molar-refractivity contribution in [2.24, 2.45) is 7.05 Å². The van der Waals surface area contributed by atoms with E-state index in [1.165, 1.54) is 12.0 Å². The molecule has 1 aliphatic carbocycles. The Morgan fingerprint density at radius 1 is 1.17 bits per heavy atom. The Morgan fingerprint density at radius 3 is 2.79 bits per heavy atom. The number of carbonyl (C=O) groups excluding carboxylic acids is 3. The third-order valence-electron chi connectivity index (χ3n) is 6.08. The molecule has 7 nitrogen and oxygen atoms in total. The lowest BCUT2D eigenvalue weighted by atomic mass is 10.0. The van der Waals surface area contributed by atoms with Crippen molar-refractivity contribution in [2.75, 3.05) is 0 Å². The molecule has 2 aromatic rings. The Morgan fingerprint density at radius 2 is 2.03 bits per heavy atom. The quantitative estimate of drug-likeness (QED) is 0.816. The van der Waals surface area contributed by atoms with Gasteiger partial charge in [0.2, 0.25) is 11.8 Å². The summed E-state index contributed by atoms with van der Waals surface area (Å²) in [7, 11) is 2.01. The molecule has 0 saturated carbocycles. The maximum atomic E-state index is 12.9. The van der Waals surface area contributed by atoms with Gasteiger partial charge in [0.1, 0.15) is 6.04 Å². The van der Waals surface area contributed by atoms with Gasteiger partial charge in [-0.25, -0.2) is 4.98 Å². The molecule has 1 N–H and O–H groups in total. The number of allylic oxidation sites excluding steroid dienone is 2. The zero-order valence-corrected chi connectivity index (χ0v) is 16.3. The van der Waals surface area contributed by atoms with Crippen LogP contribution in [0.2, 0.25) is 0 Å². The lowest BCUT2D eigenvalue weighted by molar-refractivity contribution is -0.136. The molecule has 1 aromatic carbocycles. The van der Waals surface area contributed by atoms with Crippen LogP contribution in [0.25, 0.3) is 16.8 Å². The van der Waals surface area contributed by atoms with Crippen molar-refractivity contribution in [1.29, 1.82) is 0 Å². The molecular formula is C22H22N4O3. The van der Waals surface area contributed by atoms with Gasteiger partial charge in [0.15, 0.2) is 0 Å². The monoisotopic (exact) mass is 390 g/mol. The van der Waals surface area contributed by atoms with Gasteiger partial charge in [0, 0.05) is 31.1 Å². The molecule has 2 aliphatic heterocycles. The molecule has 1 fully saturated rings. The number of nitrogens with zero attached hydrogens (tertiary/aromatic N) is 3. The number of aromatic nitrogens is 2. The first-order valence-corrected chi connectivity index (χ1v) is 10.0. The van der Waals surface area contributed by atoms with Crippen LogP contribution >= 0.6 is 0 Å². The molecule has 1 aromatic heterocycles. The van der Waals surface area contributed by atoms with Crippen molar-refractivity contribution >= 4 is 23.3 Å². The largest absolute Gasteiger partial charge is 0.333 e. The number of hydrogen-bond donors (Lipinski definition) is 1. The third-order valence-corrected chi connectivity index (χ3v) is 6.08. The molecule has 0 radical (unpaired) electrons. The van der Waals surface area contributed by atoms with E-state index in [9.17, 15) is 14.4 Å². The molecule has 5 rings (SSSR count).